The first-order valence-electron chi connectivity index (χ1n) is 13.2. The molecule has 41 heavy (non-hydrogen) atoms. The van der Waals surface area contributed by atoms with E-state index in [0.717, 1.165) is 39.9 Å². The second kappa shape index (κ2) is 14.6. The van der Waals surface area contributed by atoms with Crippen molar-refractivity contribution in [3.05, 3.63) is 105 Å². The SMILES string of the molecule is COC(=O)CCSC(CCc1ccc(Cl)cc1C(=O)N(C)C)c1cccc(OCc2ccc3ccc(Cl)cc3n2)c1. The molecule has 0 spiro atoms. The molecule has 1 amide bonds. The van der Waals surface area contributed by atoms with E-state index in [2.05, 4.69) is 11.1 Å². The van der Waals surface area contributed by atoms with E-state index in [-0.39, 0.29) is 17.1 Å². The number of halogens is 2. The van der Waals surface area contributed by atoms with Crippen LogP contribution in [0.2, 0.25) is 10.0 Å². The maximum Gasteiger partial charge on any atom is 0.306 e. The van der Waals surface area contributed by atoms with Gasteiger partial charge in [-0.25, -0.2) is 4.98 Å². The van der Waals surface area contributed by atoms with E-state index < -0.39 is 0 Å². The van der Waals surface area contributed by atoms with E-state index in [4.69, 9.17) is 32.7 Å². The molecule has 3 aromatic carbocycles. The van der Waals surface area contributed by atoms with Crippen molar-refractivity contribution in [3.8, 4) is 5.75 Å². The van der Waals surface area contributed by atoms with Gasteiger partial charge in [0.2, 0.25) is 0 Å². The molecule has 4 rings (SSSR count). The summed E-state index contributed by atoms with van der Waals surface area (Å²) in [4.78, 5) is 30.8. The zero-order valence-electron chi connectivity index (χ0n) is 23.2. The van der Waals surface area contributed by atoms with Gasteiger partial charge in [0.05, 0.1) is 24.7 Å². The highest BCUT2D eigenvalue weighted by Crippen LogP contribution is 2.36. The van der Waals surface area contributed by atoms with Gasteiger partial charge in [-0.1, -0.05) is 53.5 Å². The molecule has 0 fully saturated rings. The topological polar surface area (TPSA) is 68.7 Å². The summed E-state index contributed by atoms with van der Waals surface area (Å²) in [6.45, 7) is 0.312. The van der Waals surface area contributed by atoms with Crippen LogP contribution in [0.3, 0.4) is 0 Å². The summed E-state index contributed by atoms with van der Waals surface area (Å²) < 4.78 is 11.0. The van der Waals surface area contributed by atoms with Gasteiger partial charge >= 0.3 is 5.97 Å². The molecule has 9 heteroatoms. The molecule has 0 radical (unpaired) electrons. The Bertz CT molecular complexity index is 1530. The molecule has 0 aliphatic carbocycles. The quantitative estimate of drug-likeness (QED) is 0.152. The highest BCUT2D eigenvalue weighted by atomic mass is 35.5. The predicted octanol–water partition coefficient (Wildman–Crippen LogP) is 7.79. The van der Waals surface area contributed by atoms with Gasteiger partial charge in [-0.05, 0) is 66.4 Å². The van der Waals surface area contributed by atoms with Crippen LogP contribution in [0.1, 0.15) is 45.3 Å². The average molecular weight is 612 g/mol. The molecule has 0 bridgehead atoms. The summed E-state index contributed by atoms with van der Waals surface area (Å²) in [7, 11) is 4.85. The molecule has 0 saturated carbocycles. The Morgan fingerprint density at radius 1 is 0.976 bits per heavy atom. The lowest BCUT2D eigenvalue weighted by Crippen LogP contribution is -2.23. The maximum absolute atomic E-state index is 12.8. The Balaban J connectivity index is 1.51. The minimum atomic E-state index is -0.242. The van der Waals surface area contributed by atoms with Crippen LogP contribution >= 0.6 is 35.0 Å². The molecule has 0 N–H and O–H groups in total. The number of amides is 1. The van der Waals surface area contributed by atoms with Gasteiger partial charge in [-0.2, -0.15) is 11.8 Å². The third kappa shape index (κ3) is 8.62. The third-order valence-corrected chi connectivity index (χ3v) is 8.39. The molecule has 1 heterocycles. The fourth-order valence-electron chi connectivity index (χ4n) is 4.40. The van der Waals surface area contributed by atoms with Crippen molar-refractivity contribution in [1.29, 1.82) is 0 Å². The van der Waals surface area contributed by atoms with Crippen molar-refractivity contribution in [2.24, 2.45) is 0 Å². The molecule has 6 nitrogen and oxygen atoms in total. The number of carbonyl (C=O) groups excluding carboxylic acids is 2. The zero-order valence-corrected chi connectivity index (χ0v) is 25.6. The number of nitrogens with zero attached hydrogens (tertiary/aromatic N) is 2. The number of aromatic nitrogens is 1. The molecule has 1 atom stereocenters. The molecule has 4 aromatic rings. The Morgan fingerprint density at radius 2 is 1.73 bits per heavy atom. The highest BCUT2D eigenvalue weighted by molar-refractivity contribution is 7.99. The summed E-state index contributed by atoms with van der Waals surface area (Å²) in [5, 5.41) is 2.24. The molecule has 1 unspecified atom stereocenters. The number of carbonyl (C=O) groups is 2. The third-order valence-electron chi connectivity index (χ3n) is 6.57. The van der Waals surface area contributed by atoms with Crippen molar-refractivity contribution in [2.45, 2.75) is 31.1 Å². The minimum Gasteiger partial charge on any atom is -0.487 e. The van der Waals surface area contributed by atoms with Gasteiger partial charge in [0, 0.05) is 46.1 Å². The van der Waals surface area contributed by atoms with Gasteiger partial charge in [0.15, 0.2) is 0 Å². The standard InChI is InChI=1S/C32H32Cl2N2O4S/c1-36(2)32(38)28-18-24(33)11-7-21(28)10-14-30(41-16-15-31(37)39-3)23-5-4-6-27(17-23)40-20-26-13-9-22-8-12-25(34)19-29(22)35-26/h4-9,11-13,17-19,30H,10,14-16,20H2,1-3H3. The first-order chi connectivity index (χ1) is 19.7. The summed E-state index contributed by atoms with van der Waals surface area (Å²) in [5.41, 5.74) is 4.23. The fraction of sp³-hybridized carbons (Fsp3) is 0.281. The number of pyridine rings is 1. The zero-order chi connectivity index (χ0) is 29.4. The number of methoxy groups -OCH3 is 1. The van der Waals surface area contributed by atoms with E-state index in [1.807, 2.05) is 60.7 Å². The van der Waals surface area contributed by atoms with Crippen LogP contribution in [0, 0.1) is 0 Å². The largest absolute Gasteiger partial charge is 0.487 e. The fourth-order valence-corrected chi connectivity index (χ4v) is 5.93. The van der Waals surface area contributed by atoms with E-state index in [1.54, 1.807) is 36.8 Å². The number of ether oxygens (including phenoxy) is 2. The van der Waals surface area contributed by atoms with Gasteiger partial charge in [0.25, 0.3) is 5.91 Å². The second-order valence-electron chi connectivity index (χ2n) is 9.73. The maximum atomic E-state index is 12.8. The van der Waals surface area contributed by atoms with Crippen LogP contribution in [0.25, 0.3) is 10.9 Å². The number of aryl methyl sites for hydroxylation is 1. The smallest absolute Gasteiger partial charge is 0.306 e. The van der Waals surface area contributed by atoms with Crippen LogP contribution < -0.4 is 4.74 Å². The van der Waals surface area contributed by atoms with Crippen LogP contribution in [0.15, 0.2) is 72.8 Å². The number of rotatable bonds is 12. The van der Waals surface area contributed by atoms with E-state index in [1.165, 1.54) is 7.11 Å². The van der Waals surface area contributed by atoms with Gasteiger partial charge in [-0.15, -0.1) is 0 Å². The first-order valence-corrected chi connectivity index (χ1v) is 15.0. The molecular formula is C32H32Cl2N2O4S. The molecule has 0 saturated heterocycles. The normalized spacial score (nSPS) is 11.7. The molecule has 1 aromatic heterocycles. The number of thioether (sulfide) groups is 1. The summed E-state index contributed by atoms with van der Waals surface area (Å²) in [6, 6.07) is 23.0. The highest BCUT2D eigenvalue weighted by Gasteiger charge is 2.19. The number of esters is 1. The van der Waals surface area contributed by atoms with E-state index in [0.29, 0.717) is 40.8 Å². The second-order valence-corrected chi connectivity index (χ2v) is 11.9. The monoisotopic (exact) mass is 610 g/mol. The molecule has 214 valence electrons. The predicted molar refractivity (Wildman–Crippen MR) is 167 cm³/mol. The molecule has 0 aliphatic heterocycles. The molecular weight excluding hydrogens is 579 g/mol. The van der Waals surface area contributed by atoms with Gasteiger partial charge in [0.1, 0.15) is 12.4 Å². The summed E-state index contributed by atoms with van der Waals surface area (Å²) >= 11 is 14.0. The lowest BCUT2D eigenvalue weighted by atomic mass is 9.98. The van der Waals surface area contributed by atoms with Gasteiger partial charge in [-0.3, -0.25) is 9.59 Å². The Labute approximate surface area is 255 Å². The van der Waals surface area contributed by atoms with E-state index in [9.17, 15) is 9.59 Å². The van der Waals surface area contributed by atoms with E-state index >= 15 is 0 Å². The van der Waals surface area contributed by atoms with Crippen LogP contribution in [-0.2, 0) is 22.6 Å². The lowest BCUT2D eigenvalue weighted by Gasteiger charge is -2.20. The Kier molecular flexibility index (Phi) is 10.9. The number of benzene rings is 3. The minimum absolute atomic E-state index is 0.0575. The van der Waals surface area contributed by atoms with Crippen LogP contribution in [0.4, 0.5) is 0 Å². The number of fused-ring (bicyclic) bond motifs is 1. The summed E-state index contributed by atoms with van der Waals surface area (Å²) in [5.74, 6) is 1.01. The number of hydrogen-bond acceptors (Lipinski definition) is 6. The van der Waals surface area contributed by atoms with Crippen molar-refractivity contribution < 1.29 is 19.1 Å². The van der Waals surface area contributed by atoms with Gasteiger partial charge < -0.3 is 14.4 Å². The van der Waals surface area contributed by atoms with Crippen molar-refractivity contribution in [2.75, 3.05) is 27.0 Å². The molecule has 0 aliphatic rings. The first kappa shape index (κ1) is 30.7. The van der Waals surface area contributed by atoms with Crippen molar-refractivity contribution in [3.63, 3.8) is 0 Å². The summed E-state index contributed by atoms with van der Waals surface area (Å²) in [6.07, 6.45) is 1.73. The average Bonchev–Trinajstić information content (AvgIpc) is 2.97. The Morgan fingerprint density at radius 3 is 2.51 bits per heavy atom. The van der Waals surface area contributed by atoms with Crippen LogP contribution in [0.5, 0.6) is 5.75 Å². The van der Waals surface area contributed by atoms with Crippen molar-refractivity contribution in [1.82, 2.24) is 9.88 Å². The van der Waals surface area contributed by atoms with Crippen molar-refractivity contribution >= 4 is 57.7 Å². The Hall–Kier alpha value is -3.26. The van der Waals surface area contributed by atoms with Crippen LogP contribution in [-0.4, -0.2) is 48.7 Å². The lowest BCUT2D eigenvalue weighted by molar-refractivity contribution is -0.140. The number of hydrogen-bond donors (Lipinski definition) is 0.